The van der Waals surface area contributed by atoms with Crippen LogP contribution in [-0.4, -0.2) is 41.9 Å². The van der Waals surface area contributed by atoms with Crippen molar-refractivity contribution >= 4 is 17.5 Å². The van der Waals surface area contributed by atoms with E-state index >= 15 is 0 Å². The van der Waals surface area contributed by atoms with Gasteiger partial charge in [-0.05, 0) is 33.7 Å². The van der Waals surface area contributed by atoms with E-state index in [9.17, 15) is 4.79 Å². The lowest BCUT2D eigenvalue weighted by Crippen LogP contribution is -2.42. The van der Waals surface area contributed by atoms with E-state index in [2.05, 4.69) is 24.2 Å². The molecule has 0 aromatic rings. The van der Waals surface area contributed by atoms with Gasteiger partial charge in [-0.2, -0.15) is 0 Å². The lowest BCUT2D eigenvalue weighted by atomic mass is 10.3. The van der Waals surface area contributed by atoms with E-state index in [0.29, 0.717) is 12.6 Å². The van der Waals surface area contributed by atoms with Crippen LogP contribution in [0.3, 0.4) is 0 Å². The molecular formula is C10H19ClN2O. The Morgan fingerprint density at radius 3 is 2.57 bits per heavy atom. The highest BCUT2D eigenvalue weighted by atomic mass is 35.5. The number of carbonyl (C=O) groups excluding carboxylic acids is 1. The zero-order chi connectivity index (χ0) is 10.7. The van der Waals surface area contributed by atoms with Gasteiger partial charge in [0.2, 0.25) is 5.91 Å². The molecule has 0 radical (unpaired) electrons. The van der Waals surface area contributed by atoms with Gasteiger partial charge in [-0.1, -0.05) is 0 Å². The highest BCUT2D eigenvalue weighted by molar-refractivity contribution is 6.30. The van der Waals surface area contributed by atoms with Crippen LogP contribution >= 0.6 is 11.6 Å². The predicted octanol–water partition coefficient (Wildman–Crippen LogP) is 1.21. The molecule has 1 aliphatic rings. The molecule has 1 rings (SSSR count). The molecule has 0 aliphatic heterocycles. The van der Waals surface area contributed by atoms with Crippen molar-refractivity contribution in [3.05, 3.63) is 0 Å². The van der Waals surface area contributed by atoms with Gasteiger partial charge in [0.15, 0.2) is 0 Å². The van der Waals surface area contributed by atoms with Gasteiger partial charge in [0.05, 0.1) is 0 Å². The summed E-state index contributed by atoms with van der Waals surface area (Å²) >= 11 is 5.64. The second-order valence-corrected chi connectivity index (χ2v) is 4.76. The van der Waals surface area contributed by atoms with Gasteiger partial charge in [0, 0.05) is 18.6 Å². The molecular weight excluding hydrogens is 200 g/mol. The monoisotopic (exact) mass is 218 g/mol. The Balaban J connectivity index is 2.19. The van der Waals surface area contributed by atoms with Crippen molar-refractivity contribution in [1.29, 1.82) is 0 Å². The second-order valence-electron chi connectivity index (χ2n) is 4.11. The summed E-state index contributed by atoms with van der Waals surface area (Å²) in [7, 11) is 2.11. The van der Waals surface area contributed by atoms with Crippen molar-refractivity contribution in [3.8, 4) is 0 Å². The Bertz CT molecular complexity index is 204. The molecule has 2 unspecified atom stereocenters. The van der Waals surface area contributed by atoms with E-state index in [1.165, 1.54) is 12.8 Å². The van der Waals surface area contributed by atoms with Crippen LogP contribution in [0, 0.1) is 0 Å². The number of carbonyl (C=O) groups is 1. The standard InChI is InChI=1S/C10H19ClN2O/c1-7(13(3)9-4-5-9)6-12-10(14)8(2)11/h7-9H,4-6H2,1-3H3,(H,12,14). The van der Waals surface area contributed by atoms with Crippen LogP contribution in [-0.2, 0) is 4.79 Å². The van der Waals surface area contributed by atoms with Gasteiger partial charge in [0.1, 0.15) is 5.38 Å². The maximum atomic E-state index is 11.2. The van der Waals surface area contributed by atoms with Crippen LogP contribution in [0.15, 0.2) is 0 Å². The third kappa shape index (κ3) is 3.46. The molecule has 14 heavy (non-hydrogen) atoms. The molecule has 1 N–H and O–H groups in total. The fraction of sp³-hybridized carbons (Fsp3) is 0.900. The maximum absolute atomic E-state index is 11.2. The Morgan fingerprint density at radius 1 is 1.57 bits per heavy atom. The quantitative estimate of drug-likeness (QED) is 0.704. The Morgan fingerprint density at radius 2 is 2.14 bits per heavy atom. The largest absolute Gasteiger partial charge is 0.353 e. The van der Waals surface area contributed by atoms with Gasteiger partial charge >= 0.3 is 0 Å². The van der Waals surface area contributed by atoms with Crippen LogP contribution in [0.2, 0.25) is 0 Å². The van der Waals surface area contributed by atoms with Gasteiger partial charge < -0.3 is 5.32 Å². The number of likely N-dealkylation sites (N-methyl/N-ethyl adjacent to an activating group) is 1. The molecule has 0 bridgehead atoms. The summed E-state index contributed by atoms with van der Waals surface area (Å²) in [6, 6.07) is 1.12. The van der Waals surface area contributed by atoms with Crippen molar-refractivity contribution in [2.24, 2.45) is 0 Å². The average Bonchev–Trinajstić information content (AvgIpc) is 2.95. The van der Waals surface area contributed by atoms with E-state index in [1.54, 1.807) is 6.92 Å². The number of amides is 1. The molecule has 4 heteroatoms. The van der Waals surface area contributed by atoms with Crippen LogP contribution in [0.25, 0.3) is 0 Å². The number of nitrogens with one attached hydrogen (secondary N) is 1. The normalized spacial score (nSPS) is 20.6. The highest BCUT2D eigenvalue weighted by Crippen LogP contribution is 2.26. The molecule has 3 nitrogen and oxygen atoms in total. The summed E-state index contributed by atoms with van der Waals surface area (Å²) in [6.07, 6.45) is 2.58. The number of hydrogen-bond acceptors (Lipinski definition) is 2. The molecule has 2 atom stereocenters. The van der Waals surface area contributed by atoms with E-state index in [0.717, 1.165) is 6.04 Å². The lowest BCUT2D eigenvalue weighted by Gasteiger charge is -2.24. The minimum absolute atomic E-state index is 0.0808. The van der Waals surface area contributed by atoms with Crippen molar-refractivity contribution in [1.82, 2.24) is 10.2 Å². The van der Waals surface area contributed by atoms with E-state index in [1.807, 2.05) is 0 Å². The van der Waals surface area contributed by atoms with Crippen molar-refractivity contribution in [2.75, 3.05) is 13.6 Å². The van der Waals surface area contributed by atoms with Gasteiger partial charge in [-0.25, -0.2) is 0 Å². The second kappa shape index (κ2) is 4.99. The lowest BCUT2D eigenvalue weighted by molar-refractivity contribution is -0.120. The molecule has 82 valence electrons. The Kier molecular flexibility index (Phi) is 4.20. The number of alkyl halides is 1. The summed E-state index contributed by atoms with van der Waals surface area (Å²) in [5.74, 6) is -0.0808. The van der Waals surface area contributed by atoms with Crippen molar-refractivity contribution in [2.45, 2.75) is 44.1 Å². The SMILES string of the molecule is CC(Cl)C(=O)NCC(C)N(C)C1CC1. The average molecular weight is 219 g/mol. The minimum atomic E-state index is -0.437. The van der Waals surface area contributed by atoms with Crippen LogP contribution in [0.1, 0.15) is 26.7 Å². The maximum Gasteiger partial charge on any atom is 0.237 e. The van der Waals surface area contributed by atoms with Crippen LogP contribution in [0.4, 0.5) is 0 Å². The minimum Gasteiger partial charge on any atom is -0.353 e. The van der Waals surface area contributed by atoms with E-state index < -0.39 is 5.38 Å². The third-order valence-corrected chi connectivity index (χ3v) is 2.95. The molecule has 1 saturated carbocycles. The van der Waals surface area contributed by atoms with Crippen molar-refractivity contribution in [3.63, 3.8) is 0 Å². The first-order valence-corrected chi connectivity index (χ1v) is 5.59. The molecule has 0 spiro atoms. The zero-order valence-corrected chi connectivity index (χ0v) is 9.84. The fourth-order valence-electron chi connectivity index (χ4n) is 1.37. The summed E-state index contributed by atoms with van der Waals surface area (Å²) in [4.78, 5) is 13.5. The molecule has 1 aliphatic carbocycles. The summed E-state index contributed by atoms with van der Waals surface area (Å²) in [5.41, 5.74) is 0. The zero-order valence-electron chi connectivity index (χ0n) is 9.09. The summed E-state index contributed by atoms with van der Waals surface area (Å²) in [5, 5.41) is 2.40. The summed E-state index contributed by atoms with van der Waals surface area (Å²) in [6.45, 7) is 4.49. The number of hydrogen-bond donors (Lipinski definition) is 1. The number of halogens is 1. The molecule has 1 amide bonds. The Labute approximate surface area is 90.8 Å². The Hall–Kier alpha value is -0.280. The third-order valence-electron chi connectivity index (χ3n) is 2.75. The van der Waals surface area contributed by atoms with Gasteiger partial charge in [0.25, 0.3) is 0 Å². The fourth-order valence-corrected chi connectivity index (χ4v) is 1.45. The van der Waals surface area contributed by atoms with E-state index in [-0.39, 0.29) is 5.91 Å². The molecule has 0 saturated heterocycles. The van der Waals surface area contributed by atoms with E-state index in [4.69, 9.17) is 11.6 Å². The highest BCUT2D eigenvalue weighted by Gasteiger charge is 2.29. The summed E-state index contributed by atoms with van der Waals surface area (Å²) < 4.78 is 0. The van der Waals surface area contributed by atoms with Crippen LogP contribution < -0.4 is 5.32 Å². The molecule has 1 fully saturated rings. The van der Waals surface area contributed by atoms with Crippen molar-refractivity contribution < 1.29 is 4.79 Å². The first kappa shape index (κ1) is 11.8. The van der Waals surface area contributed by atoms with Gasteiger partial charge in [-0.3, -0.25) is 9.69 Å². The smallest absolute Gasteiger partial charge is 0.237 e. The molecule has 0 heterocycles. The first-order chi connectivity index (χ1) is 6.52. The molecule has 0 aromatic carbocycles. The molecule has 0 aromatic heterocycles. The predicted molar refractivity (Wildman–Crippen MR) is 58.6 cm³/mol. The van der Waals surface area contributed by atoms with Crippen LogP contribution in [0.5, 0.6) is 0 Å². The van der Waals surface area contributed by atoms with Gasteiger partial charge in [-0.15, -0.1) is 11.6 Å². The number of nitrogens with zero attached hydrogens (tertiary/aromatic N) is 1. The first-order valence-electron chi connectivity index (χ1n) is 5.16. The number of rotatable bonds is 5. The topological polar surface area (TPSA) is 32.3 Å².